The number of para-hydroxylation sites is 1. The van der Waals surface area contributed by atoms with Gasteiger partial charge in [-0.15, -0.1) is 0 Å². The Morgan fingerprint density at radius 1 is 1.08 bits per heavy atom. The van der Waals surface area contributed by atoms with Gasteiger partial charge in [-0.25, -0.2) is 5.43 Å². The summed E-state index contributed by atoms with van der Waals surface area (Å²) >= 11 is 0. The highest BCUT2D eigenvalue weighted by molar-refractivity contribution is 5.95. The van der Waals surface area contributed by atoms with E-state index in [1.807, 2.05) is 24.3 Å². The van der Waals surface area contributed by atoms with Crippen LogP contribution in [0.15, 0.2) is 58.4 Å². The molecular formula is C19H17N3O4. The molecule has 0 saturated carbocycles. The van der Waals surface area contributed by atoms with Crippen molar-refractivity contribution in [2.24, 2.45) is 5.10 Å². The van der Waals surface area contributed by atoms with Crippen molar-refractivity contribution in [1.82, 2.24) is 10.4 Å². The molecule has 0 unspecified atom stereocenters. The zero-order chi connectivity index (χ0) is 18.5. The van der Waals surface area contributed by atoms with E-state index in [-0.39, 0.29) is 5.56 Å². The number of carbonyl (C=O) groups is 1. The predicted octanol–water partition coefficient (Wildman–Crippen LogP) is 2.31. The standard InChI is InChI=1S/C19H17N3O4/c1-25-16-8-7-13(10-17(16)26-2)19(24)22-20-11-14-9-12-5-3-4-6-15(12)21-18(14)23/h3-11H,1-2H3,(H,21,23)(H,22,24)/b20-11-. The third-order valence-electron chi connectivity index (χ3n) is 3.80. The van der Waals surface area contributed by atoms with Gasteiger partial charge in [-0.1, -0.05) is 18.2 Å². The molecule has 2 N–H and O–H groups in total. The van der Waals surface area contributed by atoms with E-state index in [2.05, 4.69) is 15.5 Å². The normalized spacial score (nSPS) is 10.8. The first-order valence-corrected chi connectivity index (χ1v) is 7.80. The number of nitrogens with one attached hydrogen (secondary N) is 2. The van der Waals surface area contributed by atoms with Crippen LogP contribution in [0.1, 0.15) is 15.9 Å². The molecule has 0 radical (unpaired) electrons. The molecule has 0 aliphatic heterocycles. The average molecular weight is 351 g/mol. The van der Waals surface area contributed by atoms with Crippen LogP contribution in [-0.2, 0) is 0 Å². The molecule has 0 spiro atoms. The summed E-state index contributed by atoms with van der Waals surface area (Å²) in [5.41, 5.74) is 3.55. The van der Waals surface area contributed by atoms with Crippen molar-refractivity contribution in [2.75, 3.05) is 14.2 Å². The van der Waals surface area contributed by atoms with Gasteiger partial charge in [0.1, 0.15) is 0 Å². The van der Waals surface area contributed by atoms with E-state index in [1.54, 1.807) is 24.3 Å². The molecule has 0 saturated heterocycles. The lowest BCUT2D eigenvalue weighted by Gasteiger charge is -2.08. The van der Waals surface area contributed by atoms with Crippen LogP contribution < -0.4 is 20.5 Å². The lowest BCUT2D eigenvalue weighted by molar-refractivity contribution is 0.0954. The SMILES string of the molecule is COc1ccc(C(=O)N/N=C\c2cc3ccccc3[nH]c2=O)cc1OC. The van der Waals surface area contributed by atoms with E-state index in [1.165, 1.54) is 20.4 Å². The Labute approximate surface area is 149 Å². The number of pyridine rings is 1. The fourth-order valence-electron chi connectivity index (χ4n) is 2.46. The number of aromatic nitrogens is 1. The van der Waals surface area contributed by atoms with E-state index >= 15 is 0 Å². The summed E-state index contributed by atoms with van der Waals surface area (Å²) in [6.45, 7) is 0. The Balaban J connectivity index is 1.77. The second-order valence-electron chi connectivity index (χ2n) is 5.41. The lowest BCUT2D eigenvalue weighted by Crippen LogP contribution is -2.19. The number of hydrogen-bond donors (Lipinski definition) is 2. The number of rotatable bonds is 5. The molecule has 0 fully saturated rings. The van der Waals surface area contributed by atoms with E-state index in [9.17, 15) is 9.59 Å². The number of amides is 1. The van der Waals surface area contributed by atoms with Crippen molar-refractivity contribution in [3.05, 3.63) is 70.0 Å². The number of methoxy groups -OCH3 is 2. The highest BCUT2D eigenvalue weighted by Gasteiger charge is 2.10. The van der Waals surface area contributed by atoms with Crippen LogP contribution in [0, 0.1) is 0 Å². The molecule has 0 atom stereocenters. The van der Waals surface area contributed by atoms with Crippen LogP contribution >= 0.6 is 0 Å². The molecule has 3 aromatic rings. The number of fused-ring (bicyclic) bond motifs is 1. The van der Waals surface area contributed by atoms with Crippen molar-refractivity contribution in [3.63, 3.8) is 0 Å². The van der Waals surface area contributed by atoms with Crippen molar-refractivity contribution in [3.8, 4) is 11.5 Å². The molecule has 1 aromatic heterocycles. The molecule has 1 amide bonds. The average Bonchev–Trinajstić information content (AvgIpc) is 2.67. The quantitative estimate of drug-likeness (QED) is 0.545. The second kappa shape index (κ2) is 7.52. The van der Waals surface area contributed by atoms with Gasteiger partial charge in [0.05, 0.1) is 26.0 Å². The van der Waals surface area contributed by atoms with Crippen LogP contribution in [0.4, 0.5) is 0 Å². The number of hydrogen-bond acceptors (Lipinski definition) is 5. The summed E-state index contributed by atoms with van der Waals surface area (Å²) in [6.07, 6.45) is 1.31. The van der Waals surface area contributed by atoms with Crippen LogP contribution in [0.5, 0.6) is 11.5 Å². The fraction of sp³-hybridized carbons (Fsp3) is 0.105. The maximum absolute atomic E-state index is 12.2. The molecular weight excluding hydrogens is 334 g/mol. The minimum absolute atomic E-state index is 0.284. The first-order chi connectivity index (χ1) is 12.6. The van der Waals surface area contributed by atoms with E-state index in [0.29, 0.717) is 22.6 Å². The van der Waals surface area contributed by atoms with Crippen LogP contribution in [0.25, 0.3) is 10.9 Å². The molecule has 7 nitrogen and oxygen atoms in total. The highest BCUT2D eigenvalue weighted by Crippen LogP contribution is 2.27. The number of hydrazone groups is 1. The third kappa shape index (κ3) is 3.56. The second-order valence-corrected chi connectivity index (χ2v) is 5.41. The highest BCUT2D eigenvalue weighted by atomic mass is 16.5. The van der Waals surface area contributed by atoms with Crippen molar-refractivity contribution in [2.45, 2.75) is 0 Å². The summed E-state index contributed by atoms with van der Waals surface area (Å²) in [7, 11) is 3.01. The largest absolute Gasteiger partial charge is 0.493 e. The molecule has 0 bridgehead atoms. The summed E-state index contributed by atoms with van der Waals surface area (Å²) < 4.78 is 10.3. The molecule has 3 rings (SSSR count). The number of ether oxygens (including phenoxy) is 2. The van der Waals surface area contributed by atoms with Gasteiger partial charge in [0, 0.05) is 11.1 Å². The van der Waals surface area contributed by atoms with Crippen molar-refractivity contribution >= 4 is 23.0 Å². The van der Waals surface area contributed by atoms with Crippen molar-refractivity contribution in [1.29, 1.82) is 0 Å². The first kappa shape index (κ1) is 17.2. The summed E-state index contributed by atoms with van der Waals surface area (Å²) in [6, 6.07) is 13.9. The van der Waals surface area contributed by atoms with E-state index < -0.39 is 5.91 Å². The minimum atomic E-state index is -0.431. The number of H-pyrrole nitrogens is 1. The Morgan fingerprint density at radius 3 is 2.62 bits per heavy atom. The molecule has 2 aromatic carbocycles. The first-order valence-electron chi connectivity index (χ1n) is 7.80. The monoisotopic (exact) mass is 351 g/mol. The van der Waals surface area contributed by atoms with Gasteiger partial charge in [0.15, 0.2) is 11.5 Å². The van der Waals surface area contributed by atoms with Gasteiger partial charge in [0.25, 0.3) is 11.5 Å². The Hall–Kier alpha value is -3.61. The third-order valence-corrected chi connectivity index (χ3v) is 3.80. The minimum Gasteiger partial charge on any atom is -0.493 e. The van der Waals surface area contributed by atoms with E-state index in [0.717, 1.165) is 10.9 Å². The number of benzene rings is 2. The van der Waals surface area contributed by atoms with Crippen LogP contribution in [0.3, 0.4) is 0 Å². The van der Waals surface area contributed by atoms with Gasteiger partial charge in [-0.3, -0.25) is 9.59 Å². The Bertz CT molecular complexity index is 1040. The topological polar surface area (TPSA) is 92.8 Å². The van der Waals surface area contributed by atoms with Crippen molar-refractivity contribution < 1.29 is 14.3 Å². The van der Waals surface area contributed by atoms with Crippen LogP contribution in [0.2, 0.25) is 0 Å². The zero-order valence-electron chi connectivity index (χ0n) is 14.3. The fourth-order valence-corrected chi connectivity index (χ4v) is 2.46. The Kier molecular flexibility index (Phi) is 4.98. The molecule has 7 heteroatoms. The summed E-state index contributed by atoms with van der Waals surface area (Å²) in [4.78, 5) is 27.0. The molecule has 26 heavy (non-hydrogen) atoms. The predicted molar refractivity (Wildman–Crippen MR) is 99.2 cm³/mol. The number of nitrogens with zero attached hydrogens (tertiary/aromatic N) is 1. The van der Waals surface area contributed by atoms with Gasteiger partial charge >= 0.3 is 0 Å². The summed E-state index contributed by atoms with van der Waals surface area (Å²) in [5.74, 6) is 0.532. The molecule has 1 heterocycles. The Morgan fingerprint density at radius 2 is 1.85 bits per heavy atom. The molecule has 132 valence electrons. The van der Waals surface area contributed by atoms with Gasteiger partial charge in [0.2, 0.25) is 0 Å². The molecule has 0 aliphatic rings. The molecule has 0 aliphatic carbocycles. The lowest BCUT2D eigenvalue weighted by atomic mass is 10.2. The smallest absolute Gasteiger partial charge is 0.271 e. The van der Waals surface area contributed by atoms with Gasteiger partial charge in [-0.2, -0.15) is 5.10 Å². The van der Waals surface area contributed by atoms with Gasteiger partial charge < -0.3 is 14.5 Å². The summed E-state index contributed by atoms with van der Waals surface area (Å²) in [5, 5.41) is 4.74. The maximum Gasteiger partial charge on any atom is 0.271 e. The number of carbonyl (C=O) groups excluding carboxylic acids is 1. The van der Waals surface area contributed by atoms with Crippen LogP contribution in [-0.4, -0.2) is 31.3 Å². The number of aromatic amines is 1. The maximum atomic E-state index is 12.2. The zero-order valence-corrected chi connectivity index (χ0v) is 14.3. The van der Waals surface area contributed by atoms with Gasteiger partial charge in [-0.05, 0) is 35.7 Å². The van der Waals surface area contributed by atoms with E-state index in [4.69, 9.17) is 9.47 Å².